The molecule has 0 heterocycles. The summed E-state index contributed by atoms with van der Waals surface area (Å²) in [6.07, 6.45) is -0.707. The molecular formula is C18H19NO6S. The minimum atomic E-state index is -3.92. The highest BCUT2D eigenvalue weighted by atomic mass is 32.2. The molecule has 26 heavy (non-hydrogen) atoms. The Kier molecular flexibility index (Phi) is 6.88. The Morgan fingerprint density at radius 1 is 0.962 bits per heavy atom. The summed E-state index contributed by atoms with van der Waals surface area (Å²) >= 11 is 0. The maximum Gasteiger partial charge on any atom is 0.325 e. The lowest BCUT2D eigenvalue weighted by molar-refractivity contribution is -0.150. The number of sulfonamides is 1. The fraction of sp³-hybridized carbons (Fsp3) is 0.222. The van der Waals surface area contributed by atoms with Gasteiger partial charge in [-0.2, -0.15) is 0 Å². The molecule has 2 aromatic carbocycles. The third-order valence-corrected chi connectivity index (χ3v) is 4.77. The first-order chi connectivity index (χ1) is 12.4. The maximum atomic E-state index is 12.3. The van der Waals surface area contributed by atoms with E-state index in [1.165, 1.54) is 0 Å². The monoisotopic (exact) mass is 377 g/mol. The number of carboxylic acids is 1. The van der Waals surface area contributed by atoms with Gasteiger partial charge in [0.2, 0.25) is 10.0 Å². The van der Waals surface area contributed by atoms with Crippen molar-refractivity contribution in [1.29, 1.82) is 0 Å². The Bertz CT molecular complexity index is 836. The molecule has 2 N–H and O–H groups in total. The molecule has 0 amide bonds. The fourth-order valence-electron chi connectivity index (χ4n) is 2.23. The lowest BCUT2D eigenvalue weighted by atomic mass is 10.2. The SMILES string of the molecule is O=C(O)CC(NS(=O)(=O)Cc1ccccc1)C(=O)OCc1ccccc1. The van der Waals surface area contributed by atoms with E-state index in [9.17, 15) is 18.0 Å². The predicted molar refractivity (Wildman–Crippen MR) is 94.5 cm³/mol. The van der Waals surface area contributed by atoms with Crippen LogP contribution in [0.3, 0.4) is 0 Å². The Morgan fingerprint density at radius 2 is 1.50 bits per heavy atom. The third-order valence-electron chi connectivity index (χ3n) is 3.41. The number of aliphatic carboxylic acids is 1. The molecular weight excluding hydrogens is 358 g/mol. The van der Waals surface area contributed by atoms with E-state index in [-0.39, 0.29) is 12.4 Å². The molecule has 0 aliphatic carbocycles. The average molecular weight is 377 g/mol. The second-order valence-corrected chi connectivity index (χ2v) is 7.36. The van der Waals surface area contributed by atoms with Crippen LogP contribution in [-0.2, 0) is 36.7 Å². The number of ether oxygens (including phenoxy) is 1. The van der Waals surface area contributed by atoms with Crippen LogP contribution in [0.2, 0.25) is 0 Å². The van der Waals surface area contributed by atoms with Crippen molar-refractivity contribution in [3.63, 3.8) is 0 Å². The Labute approximate surface area is 151 Å². The van der Waals surface area contributed by atoms with E-state index < -0.39 is 34.4 Å². The number of carboxylic acid groups (broad SMARTS) is 1. The number of esters is 1. The fourth-order valence-corrected chi connectivity index (χ4v) is 3.56. The number of hydrogen-bond donors (Lipinski definition) is 2. The van der Waals surface area contributed by atoms with Crippen molar-refractivity contribution < 1.29 is 27.9 Å². The summed E-state index contributed by atoms with van der Waals surface area (Å²) in [5, 5.41) is 8.96. The number of carbonyl (C=O) groups is 2. The van der Waals surface area contributed by atoms with Gasteiger partial charge < -0.3 is 9.84 Å². The molecule has 0 radical (unpaired) electrons. The number of carbonyl (C=O) groups excluding carboxylic acids is 1. The largest absolute Gasteiger partial charge is 0.481 e. The van der Waals surface area contributed by atoms with E-state index in [1.54, 1.807) is 60.7 Å². The van der Waals surface area contributed by atoms with Crippen LogP contribution >= 0.6 is 0 Å². The van der Waals surface area contributed by atoms with Crippen LogP contribution in [0.25, 0.3) is 0 Å². The summed E-state index contributed by atoms with van der Waals surface area (Å²) < 4.78 is 31.7. The number of rotatable bonds is 9. The molecule has 1 unspecified atom stereocenters. The number of hydrogen-bond acceptors (Lipinski definition) is 5. The molecule has 0 saturated carbocycles. The van der Waals surface area contributed by atoms with Gasteiger partial charge in [0.05, 0.1) is 12.2 Å². The molecule has 0 spiro atoms. The van der Waals surface area contributed by atoms with Crippen molar-refractivity contribution in [2.45, 2.75) is 24.8 Å². The van der Waals surface area contributed by atoms with E-state index in [0.717, 1.165) is 0 Å². The average Bonchev–Trinajstić information content (AvgIpc) is 2.60. The molecule has 2 aromatic rings. The summed E-state index contributed by atoms with van der Waals surface area (Å²) in [6, 6.07) is 15.7. The zero-order chi connectivity index (χ0) is 19.0. The standard InChI is InChI=1S/C18H19NO6S/c20-17(21)11-16(18(22)25-12-14-7-3-1-4-8-14)19-26(23,24)13-15-9-5-2-6-10-15/h1-10,16,19H,11-13H2,(H,20,21). The molecule has 0 bridgehead atoms. The zero-order valence-electron chi connectivity index (χ0n) is 13.9. The molecule has 0 aliphatic heterocycles. The topological polar surface area (TPSA) is 110 Å². The number of benzene rings is 2. The van der Waals surface area contributed by atoms with Crippen LogP contribution in [0, 0.1) is 0 Å². The smallest absolute Gasteiger partial charge is 0.325 e. The molecule has 0 aromatic heterocycles. The molecule has 8 heteroatoms. The van der Waals surface area contributed by atoms with Gasteiger partial charge in [-0.1, -0.05) is 60.7 Å². The van der Waals surface area contributed by atoms with Crippen LogP contribution in [-0.4, -0.2) is 31.5 Å². The van der Waals surface area contributed by atoms with Gasteiger partial charge in [0.25, 0.3) is 0 Å². The van der Waals surface area contributed by atoms with Gasteiger partial charge in [-0.3, -0.25) is 9.59 Å². The van der Waals surface area contributed by atoms with Gasteiger partial charge in [-0.05, 0) is 11.1 Å². The third kappa shape index (κ3) is 6.66. The van der Waals surface area contributed by atoms with E-state index in [1.807, 2.05) is 0 Å². The molecule has 0 fully saturated rings. The van der Waals surface area contributed by atoms with Crippen LogP contribution in [0.1, 0.15) is 17.5 Å². The van der Waals surface area contributed by atoms with E-state index in [0.29, 0.717) is 11.1 Å². The highest BCUT2D eigenvalue weighted by Gasteiger charge is 2.28. The van der Waals surface area contributed by atoms with Crippen LogP contribution < -0.4 is 4.72 Å². The van der Waals surface area contributed by atoms with Gasteiger partial charge in [-0.25, -0.2) is 13.1 Å². The lowest BCUT2D eigenvalue weighted by Gasteiger charge is -2.16. The highest BCUT2D eigenvalue weighted by molar-refractivity contribution is 7.88. The Morgan fingerprint density at radius 3 is 2.04 bits per heavy atom. The molecule has 1 atom stereocenters. The van der Waals surface area contributed by atoms with Gasteiger partial charge in [0.1, 0.15) is 12.6 Å². The van der Waals surface area contributed by atoms with E-state index in [2.05, 4.69) is 4.72 Å². The summed E-state index contributed by atoms with van der Waals surface area (Å²) in [4.78, 5) is 23.2. The van der Waals surface area contributed by atoms with E-state index >= 15 is 0 Å². The van der Waals surface area contributed by atoms with Crippen molar-refractivity contribution in [2.75, 3.05) is 0 Å². The van der Waals surface area contributed by atoms with Crippen molar-refractivity contribution in [3.05, 3.63) is 71.8 Å². The summed E-state index contributed by atoms with van der Waals surface area (Å²) in [5.74, 6) is -2.61. The Hall–Kier alpha value is -2.71. The minimum absolute atomic E-state index is 0.0732. The highest BCUT2D eigenvalue weighted by Crippen LogP contribution is 2.08. The molecule has 7 nitrogen and oxygen atoms in total. The van der Waals surface area contributed by atoms with Gasteiger partial charge in [-0.15, -0.1) is 0 Å². The predicted octanol–water partition coefficient (Wildman–Crippen LogP) is 1.69. The van der Waals surface area contributed by atoms with Gasteiger partial charge in [0.15, 0.2) is 0 Å². The summed E-state index contributed by atoms with van der Waals surface area (Å²) in [6.45, 7) is -0.0732. The molecule has 2 rings (SSSR count). The van der Waals surface area contributed by atoms with Gasteiger partial charge >= 0.3 is 11.9 Å². The summed E-state index contributed by atoms with van der Waals surface area (Å²) in [5.41, 5.74) is 1.23. The first kappa shape index (κ1) is 19.6. The number of nitrogens with one attached hydrogen (secondary N) is 1. The van der Waals surface area contributed by atoms with Crippen molar-refractivity contribution >= 4 is 22.0 Å². The minimum Gasteiger partial charge on any atom is -0.481 e. The van der Waals surface area contributed by atoms with Crippen molar-refractivity contribution in [3.8, 4) is 0 Å². The van der Waals surface area contributed by atoms with Crippen molar-refractivity contribution in [1.82, 2.24) is 4.72 Å². The summed E-state index contributed by atoms with van der Waals surface area (Å²) in [7, 11) is -3.92. The normalized spacial score (nSPS) is 12.3. The quantitative estimate of drug-likeness (QED) is 0.644. The van der Waals surface area contributed by atoms with Crippen LogP contribution in [0.5, 0.6) is 0 Å². The molecule has 0 aliphatic rings. The van der Waals surface area contributed by atoms with Gasteiger partial charge in [0, 0.05) is 0 Å². The van der Waals surface area contributed by atoms with Crippen molar-refractivity contribution in [2.24, 2.45) is 0 Å². The molecule has 138 valence electrons. The Balaban J connectivity index is 2.03. The maximum absolute atomic E-state index is 12.3. The second kappa shape index (κ2) is 9.12. The van der Waals surface area contributed by atoms with E-state index in [4.69, 9.17) is 9.84 Å². The first-order valence-corrected chi connectivity index (χ1v) is 9.47. The lowest BCUT2D eigenvalue weighted by Crippen LogP contribution is -2.43. The zero-order valence-corrected chi connectivity index (χ0v) is 14.7. The van der Waals surface area contributed by atoms with Crippen LogP contribution in [0.4, 0.5) is 0 Å². The molecule has 0 saturated heterocycles. The second-order valence-electron chi connectivity index (χ2n) is 5.61. The van der Waals surface area contributed by atoms with Crippen LogP contribution in [0.15, 0.2) is 60.7 Å². The first-order valence-electron chi connectivity index (χ1n) is 7.82.